The number of aromatic nitrogens is 2. The number of ether oxygens (including phenoxy) is 1. The predicted octanol–water partition coefficient (Wildman–Crippen LogP) is 4.59. The summed E-state index contributed by atoms with van der Waals surface area (Å²) in [6, 6.07) is 16.0. The van der Waals surface area contributed by atoms with E-state index in [-0.39, 0.29) is 11.2 Å². The number of carbonyl (C=O) groups excluding carboxylic acids is 1. The maximum Gasteiger partial charge on any atom is 0.237 e. The Morgan fingerprint density at radius 3 is 2.47 bits per heavy atom. The van der Waals surface area contributed by atoms with E-state index in [1.165, 1.54) is 11.8 Å². The Morgan fingerprint density at radius 1 is 1.10 bits per heavy atom. The second kappa shape index (κ2) is 9.68. The van der Waals surface area contributed by atoms with Crippen molar-refractivity contribution >= 4 is 45.0 Å². The van der Waals surface area contributed by atoms with Crippen molar-refractivity contribution in [3.05, 3.63) is 65.4 Å². The molecule has 1 fully saturated rings. The van der Waals surface area contributed by atoms with Crippen molar-refractivity contribution in [1.82, 2.24) is 9.55 Å². The number of amides is 1. The van der Waals surface area contributed by atoms with Crippen molar-refractivity contribution < 1.29 is 9.53 Å². The summed E-state index contributed by atoms with van der Waals surface area (Å²) in [5, 5.41) is 3.49. The van der Waals surface area contributed by atoms with E-state index < -0.39 is 0 Å². The fourth-order valence-corrected chi connectivity index (χ4v) is 4.36. The summed E-state index contributed by atoms with van der Waals surface area (Å²) in [6.07, 6.45) is 3.65. The number of morpholine rings is 1. The number of hydrogen-bond acceptors (Lipinski definition) is 5. The van der Waals surface area contributed by atoms with Crippen LogP contribution < -0.4 is 10.2 Å². The summed E-state index contributed by atoms with van der Waals surface area (Å²) in [4.78, 5) is 19.4. The number of carbonyl (C=O) groups is 1. The van der Waals surface area contributed by atoms with E-state index in [1.54, 1.807) is 6.20 Å². The van der Waals surface area contributed by atoms with Crippen LogP contribution in [0.4, 0.5) is 11.4 Å². The molecule has 1 unspecified atom stereocenters. The first kappa shape index (κ1) is 21.0. The zero-order valence-electron chi connectivity index (χ0n) is 16.6. The quantitative estimate of drug-likeness (QED) is 0.516. The molecule has 0 aliphatic carbocycles. The van der Waals surface area contributed by atoms with Crippen LogP contribution in [-0.4, -0.2) is 47.0 Å². The second-order valence-corrected chi connectivity index (χ2v) is 9.18. The number of nitrogens with zero attached hydrogens (tertiary/aromatic N) is 3. The van der Waals surface area contributed by atoms with E-state index in [0.717, 1.165) is 53.0 Å². The van der Waals surface area contributed by atoms with Gasteiger partial charge in [-0.3, -0.25) is 9.36 Å². The molecule has 3 aromatic rings. The van der Waals surface area contributed by atoms with Crippen LogP contribution in [-0.2, 0) is 9.53 Å². The number of anilines is 2. The van der Waals surface area contributed by atoms with Gasteiger partial charge in [0.15, 0.2) is 5.16 Å². The Kier molecular flexibility index (Phi) is 6.76. The minimum absolute atomic E-state index is 0.0514. The van der Waals surface area contributed by atoms with Gasteiger partial charge in [-0.2, -0.15) is 0 Å². The van der Waals surface area contributed by atoms with Gasteiger partial charge in [0.2, 0.25) is 5.91 Å². The lowest BCUT2D eigenvalue weighted by molar-refractivity contribution is -0.115. The fourth-order valence-electron chi connectivity index (χ4n) is 3.21. The van der Waals surface area contributed by atoms with E-state index in [9.17, 15) is 4.79 Å². The molecule has 0 radical (unpaired) electrons. The first-order chi connectivity index (χ1) is 14.6. The van der Waals surface area contributed by atoms with Crippen molar-refractivity contribution in [3.63, 3.8) is 0 Å². The second-order valence-electron chi connectivity index (χ2n) is 6.95. The van der Waals surface area contributed by atoms with Gasteiger partial charge in [-0.15, -0.1) is 0 Å². The van der Waals surface area contributed by atoms with Crippen LogP contribution in [0.5, 0.6) is 0 Å². The van der Waals surface area contributed by atoms with E-state index in [4.69, 9.17) is 4.74 Å². The lowest BCUT2D eigenvalue weighted by Crippen LogP contribution is -2.36. The monoisotopic (exact) mass is 486 g/mol. The molecular weight excluding hydrogens is 464 g/mol. The molecule has 8 heteroatoms. The van der Waals surface area contributed by atoms with Crippen LogP contribution in [0.2, 0.25) is 0 Å². The van der Waals surface area contributed by atoms with E-state index in [0.29, 0.717) is 0 Å². The SMILES string of the molecule is CC(Sc1nccn1-c1ccc(Br)cc1)C(=O)Nc1ccc(N2CCOCC2)cc1. The lowest BCUT2D eigenvalue weighted by atomic mass is 10.2. The van der Waals surface area contributed by atoms with Gasteiger partial charge in [0, 0.05) is 47.0 Å². The van der Waals surface area contributed by atoms with Gasteiger partial charge >= 0.3 is 0 Å². The largest absolute Gasteiger partial charge is 0.378 e. The number of imidazole rings is 1. The molecule has 0 spiro atoms. The summed E-state index contributed by atoms with van der Waals surface area (Å²) >= 11 is 4.89. The summed E-state index contributed by atoms with van der Waals surface area (Å²) in [6.45, 7) is 5.18. The molecule has 1 saturated heterocycles. The molecule has 4 rings (SSSR count). The van der Waals surface area contributed by atoms with Gasteiger partial charge in [-0.25, -0.2) is 4.98 Å². The molecule has 2 heterocycles. The molecular formula is C22H23BrN4O2S. The minimum Gasteiger partial charge on any atom is -0.378 e. The zero-order chi connectivity index (χ0) is 20.9. The van der Waals surface area contributed by atoms with Gasteiger partial charge < -0.3 is 15.0 Å². The number of halogens is 1. The number of nitrogens with one attached hydrogen (secondary N) is 1. The van der Waals surface area contributed by atoms with Crippen LogP contribution in [0.25, 0.3) is 5.69 Å². The molecule has 1 N–H and O–H groups in total. The highest BCUT2D eigenvalue weighted by Gasteiger charge is 2.18. The van der Waals surface area contributed by atoms with Crippen LogP contribution in [0.1, 0.15) is 6.92 Å². The van der Waals surface area contributed by atoms with Gasteiger partial charge in [0.25, 0.3) is 0 Å². The maximum absolute atomic E-state index is 12.7. The van der Waals surface area contributed by atoms with Crippen molar-refractivity contribution in [2.45, 2.75) is 17.3 Å². The number of hydrogen-bond donors (Lipinski definition) is 1. The van der Waals surface area contributed by atoms with Crippen LogP contribution in [0.3, 0.4) is 0 Å². The minimum atomic E-state index is -0.291. The summed E-state index contributed by atoms with van der Waals surface area (Å²) in [7, 11) is 0. The molecule has 2 aromatic carbocycles. The maximum atomic E-state index is 12.7. The third-order valence-corrected chi connectivity index (χ3v) is 6.48. The lowest BCUT2D eigenvalue weighted by Gasteiger charge is -2.28. The molecule has 0 bridgehead atoms. The van der Waals surface area contributed by atoms with Crippen molar-refractivity contribution in [2.75, 3.05) is 36.5 Å². The van der Waals surface area contributed by atoms with Crippen molar-refractivity contribution in [2.24, 2.45) is 0 Å². The first-order valence-electron chi connectivity index (χ1n) is 9.80. The van der Waals surface area contributed by atoms with Gasteiger partial charge in [0.1, 0.15) is 0 Å². The zero-order valence-corrected chi connectivity index (χ0v) is 19.0. The topological polar surface area (TPSA) is 59.4 Å². The van der Waals surface area contributed by atoms with Gasteiger partial charge in [-0.1, -0.05) is 27.7 Å². The molecule has 1 atom stereocenters. The Bertz CT molecular complexity index is 985. The first-order valence-corrected chi connectivity index (χ1v) is 11.5. The summed E-state index contributed by atoms with van der Waals surface area (Å²) in [5.74, 6) is -0.0514. The third-order valence-electron chi connectivity index (χ3n) is 4.87. The van der Waals surface area contributed by atoms with Crippen LogP contribution in [0, 0.1) is 0 Å². The molecule has 1 aliphatic rings. The molecule has 1 aromatic heterocycles. The molecule has 1 amide bonds. The smallest absolute Gasteiger partial charge is 0.237 e. The average molecular weight is 487 g/mol. The highest BCUT2D eigenvalue weighted by Crippen LogP contribution is 2.26. The fraction of sp³-hybridized carbons (Fsp3) is 0.273. The predicted molar refractivity (Wildman–Crippen MR) is 125 cm³/mol. The van der Waals surface area contributed by atoms with E-state index in [1.807, 2.05) is 66.2 Å². The van der Waals surface area contributed by atoms with Crippen molar-refractivity contribution in [3.8, 4) is 5.69 Å². The molecule has 156 valence electrons. The van der Waals surface area contributed by atoms with Gasteiger partial charge in [0.05, 0.1) is 18.5 Å². The number of thioether (sulfide) groups is 1. The Balaban J connectivity index is 1.37. The summed E-state index contributed by atoms with van der Waals surface area (Å²) in [5.41, 5.74) is 2.94. The average Bonchev–Trinajstić information content (AvgIpc) is 3.23. The van der Waals surface area contributed by atoms with Gasteiger partial charge in [-0.05, 0) is 55.5 Å². The molecule has 0 saturated carbocycles. The van der Waals surface area contributed by atoms with Crippen LogP contribution in [0.15, 0.2) is 70.6 Å². The molecule has 6 nitrogen and oxygen atoms in total. The normalized spacial score (nSPS) is 15.1. The molecule has 1 aliphatic heterocycles. The highest BCUT2D eigenvalue weighted by atomic mass is 79.9. The standard InChI is InChI=1S/C22H23BrN4O2S/c1-16(30-22-24-10-11-27(22)20-6-2-17(23)3-7-20)21(28)25-18-4-8-19(9-5-18)26-12-14-29-15-13-26/h2-11,16H,12-15H2,1H3,(H,25,28). The summed E-state index contributed by atoms with van der Waals surface area (Å²) < 4.78 is 8.40. The van der Waals surface area contributed by atoms with E-state index >= 15 is 0 Å². The van der Waals surface area contributed by atoms with E-state index in [2.05, 4.69) is 31.1 Å². The van der Waals surface area contributed by atoms with Crippen LogP contribution >= 0.6 is 27.7 Å². The number of benzene rings is 2. The Hall–Kier alpha value is -2.29. The third kappa shape index (κ3) is 5.06. The Morgan fingerprint density at radius 2 is 1.77 bits per heavy atom. The Labute approximate surface area is 188 Å². The molecule has 30 heavy (non-hydrogen) atoms. The highest BCUT2D eigenvalue weighted by molar-refractivity contribution is 9.10. The van der Waals surface area contributed by atoms with Crippen molar-refractivity contribution in [1.29, 1.82) is 0 Å². The number of rotatable bonds is 6.